The summed E-state index contributed by atoms with van der Waals surface area (Å²) in [7, 11) is 1.62. The monoisotopic (exact) mass is 287 g/mol. The van der Waals surface area contributed by atoms with Gasteiger partial charge in [-0.05, 0) is 43.7 Å². The summed E-state index contributed by atoms with van der Waals surface area (Å²) in [6.07, 6.45) is 0.800. The van der Waals surface area contributed by atoms with Crippen LogP contribution in [0.1, 0.15) is 29.7 Å². The van der Waals surface area contributed by atoms with Gasteiger partial charge in [-0.2, -0.15) is 0 Å². The van der Waals surface area contributed by atoms with E-state index in [2.05, 4.69) is 36.5 Å². The molecule has 0 aliphatic carbocycles. The highest BCUT2D eigenvalue weighted by Crippen LogP contribution is 2.28. The van der Waals surface area contributed by atoms with Crippen LogP contribution in [0.15, 0.2) is 42.5 Å². The van der Waals surface area contributed by atoms with Crippen molar-refractivity contribution in [2.24, 2.45) is 0 Å². The van der Waals surface area contributed by atoms with Crippen LogP contribution < -0.4 is 10.1 Å². The zero-order chi connectivity index (χ0) is 15.2. The zero-order valence-electron chi connectivity index (χ0n) is 12.8. The van der Waals surface area contributed by atoms with Crippen LogP contribution in [0.4, 0.5) is 4.39 Å². The van der Waals surface area contributed by atoms with Crippen molar-refractivity contribution < 1.29 is 9.13 Å². The van der Waals surface area contributed by atoms with Crippen molar-refractivity contribution in [3.8, 4) is 5.75 Å². The van der Waals surface area contributed by atoms with E-state index in [-0.39, 0.29) is 11.9 Å². The fraction of sp³-hybridized carbons (Fsp3) is 0.333. The fourth-order valence-electron chi connectivity index (χ4n) is 2.48. The maximum absolute atomic E-state index is 13.6. The highest BCUT2D eigenvalue weighted by Gasteiger charge is 2.16. The Labute approximate surface area is 126 Å². The topological polar surface area (TPSA) is 21.3 Å². The van der Waals surface area contributed by atoms with Gasteiger partial charge in [0.05, 0.1) is 7.11 Å². The first-order valence-electron chi connectivity index (χ1n) is 7.26. The predicted molar refractivity (Wildman–Crippen MR) is 84.3 cm³/mol. The first-order valence-corrected chi connectivity index (χ1v) is 7.26. The molecule has 0 radical (unpaired) electrons. The van der Waals surface area contributed by atoms with E-state index in [1.807, 2.05) is 6.92 Å². The third-order valence-electron chi connectivity index (χ3n) is 3.58. The number of halogens is 1. The Hall–Kier alpha value is -1.87. The van der Waals surface area contributed by atoms with Gasteiger partial charge in [0, 0.05) is 11.6 Å². The molecule has 0 saturated carbocycles. The van der Waals surface area contributed by atoms with E-state index in [1.54, 1.807) is 19.2 Å². The van der Waals surface area contributed by atoms with E-state index in [4.69, 9.17) is 4.74 Å². The van der Waals surface area contributed by atoms with E-state index in [0.717, 1.165) is 24.3 Å². The standard InChI is InChI=1S/C18H22FNO/c1-4-20-17(11-14-7-5-13(2)6-8-14)16-12-15(19)9-10-18(16)21-3/h5-10,12,17,20H,4,11H2,1-3H3. The molecule has 2 aromatic rings. The molecule has 3 heteroatoms. The van der Waals surface area contributed by atoms with Crippen LogP contribution >= 0.6 is 0 Å². The molecule has 1 atom stereocenters. The quantitative estimate of drug-likeness (QED) is 0.866. The van der Waals surface area contributed by atoms with Gasteiger partial charge in [-0.3, -0.25) is 0 Å². The van der Waals surface area contributed by atoms with Crippen molar-refractivity contribution in [3.05, 3.63) is 65.0 Å². The molecule has 0 heterocycles. The zero-order valence-corrected chi connectivity index (χ0v) is 12.8. The Bertz CT molecular complexity index is 580. The van der Waals surface area contributed by atoms with Crippen LogP contribution in [0.25, 0.3) is 0 Å². The number of hydrogen-bond donors (Lipinski definition) is 1. The van der Waals surface area contributed by atoms with Crippen LogP contribution in [0, 0.1) is 12.7 Å². The minimum Gasteiger partial charge on any atom is -0.496 e. The van der Waals surface area contributed by atoms with Gasteiger partial charge >= 0.3 is 0 Å². The molecule has 0 fully saturated rings. The summed E-state index contributed by atoms with van der Waals surface area (Å²) < 4.78 is 19.0. The van der Waals surface area contributed by atoms with Gasteiger partial charge in [0.2, 0.25) is 0 Å². The molecule has 0 aromatic heterocycles. The minimum absolute atomic E-state index is 0.0309. The molecule has 0 aliphatic heterocycles. The average molecular weight is 287 g/mol. The molecule has 21 heavy (non-hydrogen) atoms. The Morgan fingerprint density at radius 2 is 1.86 bits per heavy atom. The molecule has 0 saturated heterocycles. The lowest BCUT2D eigenvalue weighted by atomic mass is 9.97. The summed E-state index contributed by atoms with van der Waals surface area (Å²) in [5.74, 6) is 0.479. The van der Waals surface area contributed by atoms with Crippen molar-refractivity contribution in [3.63, 3.8) is 0 Å². The lowest BCUT2D eigenvalue weighted by molar-refractivity contribution is 0.397. The smallest absolute Gasteiger partial charge is 0.123 e. The lowest BCUT2D eigenvalue weighted by Crippen LogP contribution is -2.23. The van der Waals surface area contributed by atoms with Gasteiger partial charge in [0.25, 0.3) is 0 Å². The molecular formula is C18H22FNO. The third-order valence-corrected chi connectivity index (χ3v) is 3.58. The normalized spacial score (nSPS) is 12.2. The Morgan fingerprint density at radius 3 is 2.48 bits per heavy atom. The van der Waals surface area contributed by atoms with E-state index >= 15 is 0 Å². The number of benzene rings is 2. The second-order valence-electron chi connectivity index (χ2n) is 5.19. The molecule has 2 aromatic carbocycles. The van der Waals surface area contributed by atoms with Gasteiger partial charge in [-0.25, -0.2) is 4.39 Å². The molecule has 1 N–H and O–H groups in total. The van der Waals surface area contributed by atoms with Gasteiger partial charge in [-0.15, -0.1) is 0 Å². The Morgan fingerprint density at radius 1 is 1.14 bits per heavy atom. The van der Waals surface area contributed by atoms with E-state index in [1.165, 1.54) is 17.2 Å². The molecule has 0 spiro atoms. The highest BCUT2D eigenvalue weighted by molar-refractivity contribution is 5.38. The number of methoxy groups -OCH3 is 1. The van der Waals surface area contributed by atoms with Gasteiger partial charge in [0.15, 0.2) is 0 Å². The van der Waals surface area contributed by atoms with Crippen molar-refractivity contribution in [1.82, 2.24) is 5.32 Å². The summed E-state index contributed by atoms with van der Waals surface area (Å²) in [5.41, 5.74) is 3.32. The van der Waals surface area contributed by atoms with Crippen LogP contribution in [0.3, 0.4) is 0 Å². The van der Waals surface area contributed by atoms with Crippen molar-refractivity contribution in [2.45, 2.75) is 26.3 Å². The first kappa shape index (κ1) is 15.5. The number of aryl methyl sites for hydroxylation is 1. The van der Waals surface area contributed by atoms with E-state index in [0.29, 0.717) is 0 Å². The molecule has 2 rings (SSSR count). The largest absolute Gasteiger partial charge is 0.496 e. The van der Waals surface area contributed by atoms with Gasteiger partial charge in [0.1, 0.15) is 11.6 Å². The van der Waals surface area contributed by atoms with Crippen LogP contribution in [0.5, 0.6) is 5.75 Å². The van der Waals surface area contributed by atoms with Gasteiger partial charge in [-0.1, -0.05) is 36.8 Å². The minimum atomic E-state index is -0.238. The van der Waals surface area contributed by atoms with Crippen LogP contribution in [-0.4, -0.2) is 13.7 Å². The molecule has 0 amide bonds. The molecular weight excluding hydrogens is 265 g/mol. The number of likely N-dealkylation sites (N-methyl/N-ethyl adjacent to an activating group) is 1. The number of rotatable bonds is 6. The van der Waals surface area contributed by atoms with E-state index in [9.17, 15) is 4.39 Å². The van der Waals surface area contributed by atoms with Gasteiger partial charge < -0.3 is 10.1 Å². The number of nitrogens with one attached hydrogen (secondary N) is 1. The van der Waals surface area contributed by atoms with Crippen LogP contribution in [0.2, 0.25) is 0 Å². The number of hydrogen-bond acceptors (Lipinski definition) is 2. The number of ether oxygens (including phenoxy) is 1. The highest BCUT2D eigenvalue weighted by atomic mass is 19.1. The predicted octanol–water partition coefficient (Wildman–Crippen LogP) is 4.04. The maximum atomic E-state index is 13.6. The summed E-state index contributed by atoms with van der Waals surface area (Å²) in [6.45, 7) is 4.94. The van der Waals surface area contributed by atoms with E-state index < -0.39 is 0 Å². The second-order valence-corrected chi connectivity index (χ2v) is 5.19. The molecule has 1 unspecified atom stereocenters. The molecule has 0 aliphatic rings. The first-order chi connectivity index (χ1) is 10.1. The van der Waals surface area contributed by atoms with Crippen LogP contribution in [-0.2, 0) is 6.42 Å². The average Bonchev–Trinajstić information content (AvgIpc) is 2.49. The van der Waals surface area contributed by atoms with Crippen molar-refractivity contribution >= 4 is 0 Å². The molecule has 2 nitrogen and oxygen atoms in total. The Kier molecular flexibility index (Phi) is 5.34. The Balaban J connectivity index is 2.30. The molecule has 0 bridgehead atoms. The fourth-order valence-corrected chi connectivity index (χ4v) is 2.48. The van der Waals surface area contributed by atoms with Crippen molar-refractivity contribution in [2.75, 3.05) is 13.7 Å². The SMILES string of the molecule is CCNC(Cc1ccc(C)cc1)c1cc(F)ccc1OC. The summed E-state index contributed by atoms with van der Waals surface area (Å²) in [4.78, 5) is 0. The summed E-state index contributed by atoms with van der Waals surface area (Å²) in [6, 6.07) is 13.1. The second kappa shape index (κ2) is 7.23. The molecule has 112 valence electrons. The maximum Gasteiger partial charge on any atom is 0.123 e. The lowest BCUT2D eigenvalue weighted by Gasteiger charge is -2.21. The summed E-state index contributed by atoms with van der Waals surface area (Å²) >= 11 is 0. The van der Waals surface area contributed by atoms with Crippen molar-refractivity contribution in [1.29, 1.82) is 0 Å². The third kappa shape index (κ3) is 4.05. The summed E-state index contributed by atoms with van der Waals surface area (Å²) in [5, 5.41) is 3.42.